The molecule has 0 bridgehead atoms. The molecule has 1 amide bonds. The van der Waals surface area contributed by atoms with E-state index in [1.165, 1.54) is 21.9 Å². The quantitative estimate of drug-likeness (QED) is 0.476. The first-order chi connectivity index (χ1) is 15.1. The molecule has 158 valence electrons. The standard InChI is InChI=1S/C22H20N4O4S/c1-3-19-25-26-20(27)12-16(24-22(26)31-19)13-30-17-9-7-15(8-10-17)23-21(28)14-5-4-6-18(11-14)29-2/h4-12H,3,13H2,1-2H3,(H,23,28). The molecule has 0 spiro atoms. The molecule has 0 unspecified atom stereocenters. The highest BCUT2D eigenvalue weighted by molar-refractivity contribution is 7.16. The van der Waals surface area contributed by atoms with Crippen molar-refractivity contribution in [1.29, 1.82) is 0 Å². The van der Waals surface area contributed by atoms with E-state index in [1.54, 1.807) is 55.6 Å². The maximum absolute atomic E-state index is 12.4. The topological polar surface area (TPSA) is 94.8 Å². The van der Waals surface area contributed by atoms with E-state index in [2.05, 4.69) is 15.4 Å². The molecule has 2 aromatic carbocycles. The number of carbonyl (C=O) groups excluding carboxylic acids is 1. The van der Waals surface area contributed by atoms with Gasteiger partial charge >= 0.3 is 0 Å². The fourth-order valence-corrected chi connectivity index (χ4v) is 3.73. The molecule has 31 heavy (non-hydrogen) atoms. The van der Waals surface area contributed by atoms with Gasteiger partial charge < -0.3 is 14.8 Å². The zero-order chi connectivity index (χ0) is 21.8. The van der Waals surface area contributed by atoms with Crippen LogP contribution in [0.3, 0.4) is 0 Å². The van der Waals surface area contributed by atoms with E-state index >= 15 is 0 Å². The highest BCUT2D eigenvalue weighted by atomic mass is 32.1. The summed E-state index contributed by atoms with van der Waals surface area (Å²) in [5.74, 6) is 0.980. The number of rotatable bonds is 7. The molecule has 0 aliphatic carbocycles. The monoisotopic (exact) mass is 436 g/mol. The fourth-order valence-electron chi connectivity index (χ4n) is 2.87. The van der Waals surface area contributed by atoms with Crippen LogP contribution in [0.25, 0.3) is 4.96 Å². The van der Waals surface area contributed by atoms with Gasteiger partial charge in [0.1, 0.15) is 23.1 Å². The molecule has 0 aliphatic heterocycles. The van der Waals surface area contributed by atoms with E-state index in [1.807, 2.05) is 6.92 Å². The molecule has 9 heteroatoms. The number of amides is 1. The van der Waals surface area contributed by atoms with E-state index in [-0.39, 0.29) is 18.1 Å². The van der Waals surface area contributed by atoms with Gasteiger partial charge in [-0.2, -0.15) is 9.61 Å². The van der Waals surface area contributed by atoms with Crippen LogP contribution in [-0.4, -0.2) is 27.6 Å². The summed E-state index contributed by atoms with van der Waals surface area (Å²) in [6, 6.07) is 15.3. The van der Waals surface area contributed by atoms with Gasteiger partial charge in [-0.25, -0.2) is 4.98 Å². The number of hydrogen-bond acceptors (Lipinski definition) is 7. The van der Waals surface area contributed by atoms with Gasteiger partial charge in [-0.3, -0.25) is 9.59 Å². The summed E-state index contributed by atoms with van der Waals surface area (Å²) in [4.78, 5) is 29.6. The number of nitrogens with one attached hydrogen (secondary N) is 1. The minimum Gasteiger partial charge on any atom is -0.497 e. The Morgan fingerprint density at radius 2 is 1.94 bits per heavy atom. The van der Waals surface area contributed by atoms with Crippen LogP contribution in [0.4, 0.5) is 5.69 Å². The van der Waals surface area contributed by atoms with Crippen LogP contribution in [0, 0.1) is 0 Å². The number of aromatic nitrogens is 3. The van der Waals surface area contributed by atoms with Gasteiger partial charge in [0.15, 0.2) is 0 Å². The van der Waals surface area contributed by atoms with Crippen molar-refractivity contribution in [1.82, 2.24) is 14.6 Å². The largest absolute Gasteiger partial charge is 0.497 e. The normalized spacial score (nSPS) is 10.8. The van der Waals surface area contributed by atoms with Crippen molar-refractivity contribution >= 4 is 27.9 Å². The van der Waals surface area contributed by atoms with Gasteiger partial charge in [-0.05, 0) is 48.9 Å². The summed E-state index contributed by atoms with van der Waals surface area (Å²) in [5.41, 5.74) is 1.44. The average Bonchev–Trinajstić information content (AvgIpc) is 3.22. The molecule has 2 aromatic heterocycles. The van der Waals surface area contributed by atoms with Gasteiger partial charge in [0.2, 0.25) is 4.96 Å². The average molecular weight is 436 g/mol. The van der Waals surface area contributed by atoms with Crippen LogP contribution in [0.5, 0.6) is 11.5 Å². The van der Waals surface area contributed by atoms with E-state index < -0.39 is 0 Å². The third-order valence-corrected chi connectivity index (χ3v) is 5.53. The zero-order valence-corrected chi connectivity index (χ0v) is 17.8. The van der Waals surface area contributed by atoms with Gasteiger partial charge in [0.25, 0.3) is 11.5 Å². The Labute approximate surface area is 182 Å². The number of aryl methyl sites for hydroxylation is 1. The predicted octanol–water partition coefficient (Wildman–Crippen LogP) is 3.55. The third kappa shape index (κ3) is 4.72. The molecule has 4 rings (SSSR count). The summed E-state index contributed by atoms with van der Waals surface area (Å²) in [7, 11) is 1.56. The van der Waals surface area contributed by atoms with Gasteiger partial charge in [0, 0.05) is 17.3 Å². The summed E-state index contributed by atoms with van der Waals surface area (Å²) in [5, 5.41) is 7.92. The Morgan fingerprint density at radius 3 is 2.68 bits per heavy atom. The van der Waals surface area contributed by atoms with Crippen LogP contribution in [0.1, 0.15) is 28.0 Å². The molecule has 2 heterocycles. The predicted molar refractivity (Wildman–Crippen MR) is 118 cm³/mol. The van der Waals surface area contributed by atoms with Crippen LogP contribution in [-0.2, 0) is 13.0 Å². The Balaban J connectivity index is 1.40. The summed E-state index contributed by atoms with van der Waals surface area (Å²) < 4.78 is 12.2. The van der Waals surface area contributed by atoms with Crippen LogP contribution >= 0.6 is 11.3 Å². The molecular weight excluding hydrogens is 416 g/mol. The second-order valence-corrected chi connectivity index (χ2v) is 7.67. The number of benzene rings is 2. The summed E-state index contributed by atoms with van der Waals surface area (Å²) >= 11 is 1.39. The smallest absolute Gasteiger partial charge is 0.275 e. The number of hydrogen-bond donors (Lipinski definition) is 1. The fraction of sp³-hybridized carbons (Fsp3) is 0.182. The molecule has 4 aromatic rings. The summed E-state index contributed by atoms with van der Waals surface area (Å²) in [6.07, 6.45) is 0.750. The Kier molecular flexibility index (Phi) is 5.94. The second-order valence-electron chi connectivity index (χ2n) is 6.63. The highest BCUT2D eigenvalue weighted by Gasteiger charge is 2.10. The number of ether oxygens (including phenoxy) is 2. The van der Waals surface area contributed by atoms with Crippen molar-refractivity contribution in [2.24, 2.45) is 0 Å². The maximum Gasteiger partial charge on any atom is 0.275 e. The number of carbonyl (C=O) groups is 1. The second kappa shape index (κ2) is 8.97. The molecule has 8 nitrogen and oxygen atoms in total. The zero-order valence-electron chi connectivity index (χ0n) is 17.0. The number of nitrogens with zero attached hydrogens (tertiary/aromatic N) is 3. The number of fused-ring (bicyclic) bond motifs is 1. The molecular formula is C22H20N4O4S. The molecule has 0 atom stereocenters. The first kappa shape index (κ1) is 20.5. The van der Waals surface area contributed by atoms with Crippen LogP contribution in [0.15, 0.2) is 59.4 Å². The highest BCUT2D eigenvalue weighted by Crippen LogP contribution is 2.19. The van der Waals surface area contributed by atoms with Crippen molar-refractivity contribution in [2.75, 3.05) is 12.4 Å². The van der Waals surface area contributed by atoms with E-state index in [9.17, 15) is 9.59 Å². The van der Waals surface area contributed by atoms with Gasteiger partial charge in [-0.15, -0.1) is 0 Å². The molecule has 0 aliphatic rings. The molecule has 0 saturated carbocycles. The van der Waals surface area contributed by atoms with Crippen molar-refractivity contribution in [3.63, 3.8) is 0 Å². The van der Waals surface area contributed by atoms with E-state index in [0.29, 0.717) is 33.4 Å². The minimum atomic E-state index is -0.235. The lowest BCUT2D eigenvalue weighted by Gasteiger charge is -2.09. The Morgan fingerprint density at radius 1 is 1.13 bits per heavy atom. The first-order valence-corrected chi connectivity index (χ1v) is 10.4. The van der Waals surface area contributed by atoms with Crippen molar-refractivity contribution in [3.8, 4) is 11.5 Å². The summed E-state index contributed by atoms with van der Waals surface area (Å²) in [6.45, 7) is 2.14. The number of anilines is 1. The van der Waals surface area contributed by atoms with E-state index in [4.69, 9.17) is 9.47 Å². The van der Waals surface area contributed by atoms with Crippen LogP contribution < -0.4 is 20.3 Å². The minimum absolute atomic E-state index is 0.153. The number of methoxy groups -OCH3 is 1. The Bertz CT molecular complexity index is 1280. The third-order valence-electron chi connectivity index (χ3n) is 4.47. The SMILES string of the molecule is CCc1nn2c(=O)cc(COc3ccc(NC(=O)c4cccc(OC)c4)cc3)nc2s1. The van der Waals surface area contributed by atoms with Crippen LogP contribution in [0.2, 0.25) is 0 Å². The van der Waals surface area contributed by atoms with Crippen molar-refractivity contribution in [3.05, 3.63) is 81.2 Å². The lowest BCUT2D eigenvalue weighted by Crippen LogP contribution is -2.16. The lowest BCUT2D eigenvalue weighted by atomic mass is 10.2. The molecule has 0 saturated heterocycles. The first-order valence-electron chi connectivity index (χ1n) is 9.62. The molecule has 0 fully saturated rings. The maximum atomic E-state index is 12.4. The van der Waals surface area contributed by atoms with Gasteiger partial charge in [-0.1, -0.05) is 24.3 Å². The molecule has 1 N–H and O–H groups in total. The van der Waals surface area contributed by atoms with Gasteiger partial charge in [0.05, 0.1) is 12.8 Å². The lowest BCUT2D eigenvalue weighted by molar-refractivity contribution is 0.102. The molecule has 0 radical (unpaired) electrons. The van der Waals surface area contributed by atoms with E-state index in [0.717, 1.165) is 11.4 Å². The van der Waals surface area contributed by atoms with Crippen molar-refractivity contribution < 1.29 is 14.3 Å². The van der Waals surface area contributed by atoms with Crippen molar-refractivity contribution in [2.45, 2.75) is 20.0 Å². The Hall–Kier alpha value is -3.72.